The molecule has 0 radical (unpaired) electrons. The zero-order valence-electron chi connectivity index (χ0n) is 10.5. The number of nitro benzene ring substituents is 1. The zero-order valence-corrected chi connectivity index (χ0v) is 12.1. The lowest BCUT2D eigenvalue weighted by Gasteiger charge is -2.10. The fraction of sp³-hybridized carbons (Fsp3) is 0.500. The predicted molar refractivity (Wildman–Crippen MR) is 74.0 cm³/mol. The van der Waals surface area contributed by atoms with E-state index in [1.54, 1.807) is 6.07 Å². The lowest BCUT2D eigenvalue weighted by Crippen LogP contribution is -2.24. The summed E-state index contributed by atoms with van der Waals surface area (Å²) >= 11 is 3.26. The van der Waals surface area contributed by atoms with Crippen LogP contribution in [0.5, 0.6) is 5.75 Å². The molecule has 1 aromatic carbocycles. The molecule has 0 atom stereocenters. The monoisotopic (exact) mass is 316 g/mol. The third kappa shape index (κ3) is 5.01. The first-order chi connectivity index (χ1) is 8.50. The van der Waals surface area contributed by atoms with E-state index in [-0.39, 0.29) is 5.69 Å². The highest BCUT2D eigenvalue weighted by Gasteiger charge is 2.09. The summed E-state index contributed by atoms with van der Waals surface area (Å²) in [5.74, 6) is 0.630. The maximum Gasteiger partial charge on any atom is 0.270 e. The van der Waals surface area contributed by atoms with Crippen LogP contribution in [-0.2, 0) is 0 Å². The minimum atomic E-state index is -0.429. The van der Waals surface area contributed by atoms with Crippen molar-refractivity contribution in [3.63, 3.8) is 0 Å². The molecule has 0 unspecified atom stereocenters. The number of hydrogen-bond acceptors (Lipinski definition) is 4. The molecule has 1 aromatic rings. The quantitative estimate of drug-likeness (QED) is 0.477. The van der Waals surface area contributed by atoms with Crippen LogP contribution in [0.2, 0.25) is 0 Å². The van der Waals surface area contributed by atoms with E-state index in [0.29, 0.717) is 22.9 Å². The van der Waals surface area contributed by atoms with Crippen LogP contribution in [-0.4, -0.2) is 24.1 Å². The van der Waals surface area contributed by atoms with Gasteiger partial charge in [-0.25, -0.2) is 0 Å². The second kappa shape index (κ2) is 7.33. The van der Waals surface area contributed by atoms with E-state index in [0.717, 1.165) is 13.0 Å². The standard InChI is InChI=1S/C12H17BrN2O3/c1-9(2)14-6-3-7-18-12-5-4-10(15(16)17)8-11(12)13/h4-5,8-9,14H,3,6-7H2,1-2H3. The van der Waals surface area contributed by atoms with Gasteiger partial charge in [-0.05, 0) is 35.0 Å². The van der Waals surface area contributed by atoms with Gasteiger partial charge in [0, 0.05) is 18.2 Å². The lowest BCUT2D eigenvalue weighted by molar-refractivity contribution is -0.385. The topological polar surface area (TPSA) is 64.4 Å². The average molecular weight is 317 g/mol. The number of nitro groups is 1. The van der Waals surface area contributed by atoms with Crippen LogP contribution < -0.4 is 10.1 Å². The molecule has 0 aliphatic rings. The van der Waals surface area contributed by atoms with Crippen LogP contribution in [0, 0.1) is 10.1 Å². The number of nitrogens with zero attached hydrogens (tertiary/aromatic N) is 1. The zero-order chi connectivity index (χ0) is 13.5. The molecule has 0 spiro atoms. The number of halogens is 1. The Morgan fingerprint density at radius 3 is 2.78 bits per heavy atom. The molecule has 1 rings (SSSR count). The Labute approximate surface area is 115 Å². The Kier molecular flexibility index (Phi) is 6.07. The first kappa shape index (κ1) is 14.9. The Morgan fingerprint density at radius 1 is 1.50 bits per heavy atom. The maximum absolute atomic E-state index is 10.6. The summed E-state index contributed by atoms with van der Waals surface area (Å²) in [5.41, 5.74) is 0.0516. The number of rotatable bonds is 7. The SMILES string of the molecule is CC(C)NCCCOc1ccc([N+](=O)[O-])cc1Br. The molecule has 100 valence electrons. The van der Waals surface area contributed by atoms with Gasteiger partial charge in [0.2, 0.25) is 0 Å². The normalized spacial score (nSPS) is 10.7. The summed E-state index contributed by atoms with van der Waals surface area (Å²) < 4.78 is 6.15. The van der Waals surface area contributed by atoms with Gasteiger partial charge in [-0.2, -0.15) is 0 Å². The van der Waals surface area contributed by atoms with Crippen LogP contribution in [0.1, 0.15) is 20.3 Å². The lowest BCUT2D eigenvalue weighted by atomic mass is 10.3. The van der Waals surface area contributed by atoms with Gasteiger partial charge in [-0.3, -0.25) is 10.1 Å². The summed E-state index contributed by atoms with van der Waals surface area (Å²) in [6.45, 7) is 5.65. The van der Waals surface area contributed by atoms with Crippen molar-refractivity contribution in [3.8, 4) is 5.75 Å². The maximum atomic E-state index is 10.6. The molecule has 0 saturated heterocycles. The van der Waals surface area contributed by atoms with Crippen LogP contribution in [0.4, 0.5) is 5.69 Å². The highest BCUT2D eigenvalue weighted by molar-refractivity contribution is 9.10. The molecular weight excluding hydrogens is 300 g/mol. The molecular formula is C12H17BrN2O3. The number of nitrogens with one attached hydrogen (secondary N) is 1. The summed E-state index contributed by atoms with van der Waals surface area (Å²) in [7, 11) is 0. The van der Waals surface area contributed by atoms with Crippen molar-refractivity contribution in [2.45, 2.75) is 26.3 Å². The van der Waals surface area contributed by atoms with E-state index in [1.807, 2.05) is 0 Å². The Morgan fingerprint density at radius 2 is 2.22 bits per heavy atom. The Balaban J connectivity index is 2.41. The van der Waals surface area contributed by atoms with Crippen LogP contribution in [0.15, 0.2) is 22.7 Å². The smallest absolute Gasteiger partial charge is 0.270 e. The molecule has 0 aromatic heterocycles. The fourth-order valence-corrected chi connectivity index (χ4v) is 1.85. The number of hydrogen-bond donors (Lipinski definition) is 1. The van der Waals surface area contributed by atoms with E-state index >= 15 is 0 Å². The highest BCUT2D eigenvalue weighted by Crippen LogP contribution is 2.29. The predicted octanol–water partition coefficient (Wildman–Crippen LogP) is 3.12. The number of ether oxygens (including phenoxy) is 1. The van der Waals surface area contributed by atoms with Crippen LogP contribution in [0.25, 0.3) is 0 Å². The van der Waals surface area contributed by atoms with Crippen molar-refractivity contribution in [1.82, 2.24) is 5.32 Å². The van der Waals surface area contributed by atoms with Crippen molar-refractivity contribution in [2.24, 2.45) is 0 Å². The minimum absolute atomic E-state index is 0.0516. The van der Waals surface area contributed by atoms with E-state index in [2.05, 4.69) is 35.1 Å². The van der Waals surface area contributed by atoms with E-state index in [1.165, 1.54) is 12.1 Å². The molecule has 6 heteroatoms. The molecule has 0 aliphatic carbocycles. The van der Waals surface area contributed by atoms with E-state index in [4.69, 9.17) is 4.74 Å². The molecule has 0 amide bonds. The number of benzene rings is 1. The Hall–Kier alpha value is -1.14. The first-order valence-electron chi connectivity index (χ1n) is 5.81. The summed E-state index contributed by atoms with van der Waals surface area (Å²) in [5, 5.41) is 13.9. The molecule has 18 heavy (non-hydrogen) atoms. The van der Waals surface area contributed by atoms with Crippen LogP contribution >= 0.6 is 15.9 Å². The largest absolute Gasteiger partial charge is 0.492 e. The first-order valence-corrected chi connectivity index (χ1v) is 6.60. The summed E-state index contributed by atoms with van der Waals surface area (Å²) in [4.78, 5) is 10.1. The third-order valence-electron chi connectivity index (χ3n) is 2.26. The van der Waals surface area contributed by atoms with Gasteiger partial charge in [-0.15, -0.1) is 0 Å². The highest BCUT2D eigenvalue weighted by atomic mass is 79.9. The third-order valence-corrected chi connectivity index (χ3v) is 2.88. The van der Waals surface area contributed by atoms with Crippen molar-refractivity contribution < 1.29 is 9.66 Å². The van der Waals surface area contributed by atoms with Crippen LogP contribution in [0.3, 0.4) is 0 Å². The summed E-state index contributed by atoms with van der Waals surface area (Å²) in [6, 6.07) is 4.96. The van der Waals surface area contributed by atoms with Crippen molar-refractivity contribution in [3.05, 3.63) is 32.8 Å². The Bertz CT molecular complexity index is 410. The van der Waals surface area contributed by atoms with Gasteiger partial charge in [0.05, 0.1) is 16.0 Å². The fourth-order valence-electron chi connectivity index (χ4n) is 1.37. The molecule has 1 N–H and O–H groups in total. The minimum Gasteiger partial charge on any atom is -0.492 e. The van der Waals surface area contributed by atoms with Gasteiger partial charge in [0.15, 0.2) is 0 Å². The van der Waals surface area contributed by atoms with Crippen molar-refractivity contribution in [1.29, 1.82) is 0 Å². The van der Waals surface area contributed by atoms with Crippen molar-refractivity contribution in [2.75, 3.05) is 13.2 Å². The second-order valence-electron chi connectivity index (χ2n) is 4.18. The molecule has 0 saturated carbocycles. The van der Waals surface area contributed by atoms with Gasteiger partial charge in [-0.1, -0.05) is 13.8 Å². The molecule has 0 bridgehead atoms. The van der Waals surface area contributed by atoms with E-state index in [9.17, 15) is 10.1 Å². The summed E-state index contributed by atoms with van der Waals surface area (Å²) in [6.07, 6.45) is 0.890. The molecule has 5 nitrogen and oxygen atoms in total. The van der Waals surface area contributed by atoms with Gasteiger partial charge in [0.25, 0.3) is 5.69 Å². The van der Waals surface area contributed by atoms with Gasteiger partial charge in [0.1, 0.15) is 5.75 Å². The molecule has 0 fully saturated rings. The second-order valence-corrected chi connectivity index (χ2v) is 5.04. The van der Waals surface area contributed by atoms with Crippen molar-refractivity contribution >= 4 is 21.6 Å². The average Bonchev–Trinajstić information content (AvgIpc) is 2.29. The van der Waals surface area contributed by atoms with Gasteiger partial charge >= 0.3 is 0 Å². The molecule has 0 heterocycles. The number of non-ortho nitro benzene ring substituents is 1. The van der Waals surface area contributed by atoms with E-state index < -0.39 is 4.92 Å². The van der Waals surface area contributed by atoms with Gasteiger partial charge < -0.3 is 10.1 Å². The molecule has 0 aliphatic heterocycles.